The van der Waals surface area contributed by atoms with Crippen LogP contribution < -0.4 is 0 Å². The van der Waals surface area contributed by atoms with Crippen molar-refractivity contribution in [2.45, 2.75) is 10.4 Å². The first kappa shape index (κ1) is 17.8. The van der Waals surface area contributed by atoms with Crippen LogP contribution in [0.4, 0.5) is 0 Å². The zero-order valence-electron chi connectivity index (χ0n) is 13.9. The van der Waals surface area contributed by atoms with E-state index >= 15 is 0 Å². The van der Waals surface area contributed by atoms with Gasteiger partial charge in [0.2, 0.25) is 5.91 Å². The predicted molar refractivity (Wildman–Crippen MR) is 105 cm³/mol. The number of amides is 1. The summed E-state index contributed by atoms with van der Waals surface area (Å²) in [7, 11) is 3.54. The lowest BCUT2D eigenvalue weighted by Gasteiger charge is -2.19. The maximum atomic E-state index is 12.6. The number of aromatic nitrogens is 2. The van der Waals surface area contributed by atoms with Crippen molar-refractivity contribution in [2.75, 3.05) is 14.1 Å². The van der Waals surface area contributed by atoms with E-state index in [4.69, 9.17) is 0 Å². The van der Waals surface area contributed by atoms with Crippen molar-refractivity contribution in [1.29, 1.82) is 0 Å². The van der Waals surface area contributed by atoms with Crippen LogP contribution in [0.25, 0.3) is 11.3 Å². The molecular formula is C19H18BrN3OS. The lowest BCUT2D eigenvalue weighted by molar-refractivity contribution is -0.128. The standard InChI is InChI=1S/C19H18BrN3OS/c1-23(2)18(24)17(14-6-4-3-5-7-14)25-19-21-12-16(22-19)13-8-10-15(20)11-9-13/h3-12,17H,1-2H3,(H,21,22)/t17-/m0/s1. The molecule has 0 bridgehead atoms. The second kappa shape index (κ2) is 7.89. The van der Waals surface area contributed by atoms with Gasteiger partial charge >= 0.3 is 0 Å². The summed E-state index contributed by atoms with van der Waals surface area (Å²) < 4.78 is 1.03. The maximum Gasteiger partial charge on any atom is 0.240 e. The molecule has 0 fully saturated rings. The number of halogens is 1. The Balaban J connectivity index is 1.85. The Hall–Kier alpha value is -2.05. The van der Waals surface area contributed by atoms with Gasteiger partial charge in [0, 0.05) is 18.6 Å². The van der Waals surface area contributed by atoms with Crippen molar-refractivity contribution in [3.63, 3.8) is 0 Å². The van der Waals surface area contributed by atoms with Gasteiger partial charge in [-0.2, -0.15) is 0 Å². The molecule has 1 amide bonds. The molecule has 0 unspecified atom stereocenters. The average Bonchev–Trinajstić information content (AvgIpc) is 3.09. The van der Waals surface area contributed by atoms with Crippen LogP contribution in [0, 0.1) is 0 Å². The summed E-state index contributed by atoms with van der Waals surface area (Å²) in [5, 5.41) is 0.391. The van der Waals surface area contributed by atoms with Gasteiger partial charge in [0.05, 0.1) is 11.9 Å². The van der Waals surface area contributed by atoms with Crippen LogP contribution in [-0.4, -0.2) is 34.9 Å². The van der Waals surface area contributed by atoms with Gasteiger partial charge in [-0.3, -0.25) is 4.79 Å². The number of H-pyrrole nitrogens is 1. The summed E-state index contributed by atoms with van der Waals surface area (Å²) in [4.78, 5) is 22.0. The molecule has 1 atom stereocenters. The van der Waals surface area contributed by atoms with Crippen LogP contribution in [0.15, 0.2) is 70.4 Å². The van der Waals surface area contributed by atoms with E-state index in [1.165, 1.54) is 11.8 Å². The minimum Gasteiger partial charge on any atom is -0.348 e. The monoisotopic (exact) mass is 415 g/mol. The molecule has 6 heteroatoms. The van der Waals surface area contributed by atoms with Gasteiger partial charge in [0.25, 0.3) is 0 Å². The number of thioether (sulfide) groups is 1. The zero-order chi connectivity index (χ0) is 17.8. The SMILES string of the molecule is CN(C)C(=O)[C@@H](Sc1ncc(-c2ccc(Br)cc2)[nH]1)c1ccccc1. The highest BCUT2D eigenvalue weighted by atomic mass is 79.9. The molecule has 3 aromatic rings. The number of hydrogen-bond donors (Lipinski definition) is 1. The lowest BCUT2D eigenvalue weighted by Crippen LogP contribution is -2.26. The summed E-state index contributed by atoms with van der Waals surface area (Å²) in [6.45, 7) is 0. The summed E-state index contributed by atoms with van der Waals surface area (Å²) in [5.74, 6) is 0.0396. The van der Waals surface area contributed by atoms with Crippen LogP contribution in [-0.2, 0) is 4.79 Å². The minimum absolute atomic E-state index is 0.0396. The molecule has 4 nitrogen and oxygen atoms in total. The number of imidazole rings is 1. The maximum absolute atomic E-state index is 12.6. The number of likely N-dealkylation sites (N-methyl/N-ethyl adjacent to an activating group) is 1. The first-order valence-electron chi connectivity index (χ1n) is 7.78. The third kappa shape index (κ3) is 4.32. The fraction of sp³-hybridized carbons (Fsp3) is 0.158. The van der Waals surface area contributed by atoms with Crippen molar-refractivity contribution in [3.05, 3.63) is 70.8 Å². The molecule has 0 aliphatic rings. The van der Waals surface area contributed by atoms with Gasteiger partial charge in [-0.15, -0.1) is 0 Å². The number of nitrogens with one attached hydrogen (secondary N) is 1. The number of carbonyl (C=O) groups excluding carboxylic acids is 1. The van der Waals surface area contributed by atoms with Gasteiger partial charge in [-0.05, 0) is 23.3 Å². The number of hydrogen-bond acceptors (Lipinski definition) is 3. The molecule has 1 aromatic heterocycles. The Morgan fingerprint density at radius 3 is 2.44 bits per heavy atom. The quantitative estimate of drug-likeness (QED) is 0.610. The van der Waals surface area contributed by atoms with E-state index in [9.17, 15) is 4.79 Å². The third-order valence-electron chi connectivity index (χ3n) is 3.70. The summed E-state index contributed by atoms with van der Waals surface area (Å²) in [5.41, 5.74) is 2.95. The van der Waals surface area contributed by atoms with E-state index in [-0.39, 0.29) is 11.2 Å². The Labute approximate surface area is 159 Å². The largest absolute Gasteiger partial charge is 0.348 e. The molecule has 0 radical (unpaired) electrons. The molecule has 25 heavy (non-hydrogen) atoms. The Bertz CT molecular complexity index is 847. The van der Waals surface area contributed by atoms with Gasteiger partial charge in [0.1, 0.15) is 5.25 Å². The average molecular weight is 416 g/mol. The lowest BCUT2D eigenvalue weighted by atomic mass is 10.1. The van der Waals surface area contributed by atoms with Crippen molar-refractivity contribution >= 4 is 33.6 Å². The third-order valence-corrected chi connectivity index (χ3v) is 5.37. The Morgan fingerprint density at radius 1 is 1.12 bits per heavy atom. The normalized spacial score (nSPS) is 12.0. The molecule has 128 valence electrons. The molecule has 1 heterocycles. The Morgan fingerprint density at radius 2 is 1.80 bits per heavy atom. The minimum atomic E-state index is -0.333. The summed E-state index contributed by atoms with van der Waals surface area (Å²) in [6.07, 6.45) is 1.80. The van der Waals surface area contributed by atoms with Crippen LogP contribution in [0.1, 0.15) is 10.8 Å². The molecule has 0 spiro atoms. The number of nitrogens with zero attached hydrogens (tertiary/aromatic N) is 2. The number of benzene rings is 2. The number of rotatable bonds is 5. The van der Waals surface area contributed by atoms with Gasteiger partial charge < -0.3 is 9.88 Å². The molecule has 0 aliphatic heterocycles. The van der Waals surface area contributed by atoms with Crippen LogP contribution in [0.2, 0.25) is 0 Å². The second-order valence-corrected chi connectivity index (χ2v) is 7.76. The number of aromatic amines is 1. The Kier molecular flexibility index (Phi) is 5.60. The molecule has 0 saturated heterocycles. The van der Waals surface area contributed by atoms with E-state index in [1.807, 2.05) is 54.6 Å². The van der Waals surface area contributed by atoms with Gasteiger partial charge in [-0.25, -0.2) is 4.98 Å². The summed E-state index contributed by atoms with van der Waals surface area (Å²) in [6, 6.07) is 17.8. The molecule has 2 aromatic carbocycles. The second-order valence-electron chi connectivity index (χ2n) is 5.75. The highest BCUT2D eigenvalue weighted by Crippen LogP contribution is 2.35. The fourth-order valence-electron chi connectivity index (χ4n) is 2.37. The zero-order valence-corrected chi connectivity index (χ0v) is 16.3. The van der Waals surface area contributed by atoms with Crippen LogP contribution >= 0.6 is 27.7 Å². The van der Waals surface area contributed by atoms with Crippen LogP contribution in [0.5, 0.6) is 0 Å². The first-order chi connectivity index (χ1) is 12.0. The number of carbonyl (C=O) groups is 1. The van der Waals surface area contributed by atoms with E-state index < -0.39 is 0 Å². The van der Waals surface area contributed by atoms with E-state index in [1.54, 1.807) is 25.2 Å². The van der Waals surface area contributed by atoms with Crippen molar-refractivity contribution in [3.8, 4) is 11.3 Å². The molecule has 0 aliphatic carbocycles. The van der Waals surface area contributed by atoms with Crippen molar-refractivity contribution in [1.82, 2.24) is 14.9 Å². The first-order valence-corrected chi connectivity index (χ1v) is 9.45. The molecule has 0 saturated carbocycles. The molecular weight excluding hydrogens is 398 g/mol. The van der Waals surface area contributed by atoms with E-state index in [2.05, 4.69) is 25.9 Å². The van der Waals surface area contributed by atoms with Crippen molar-refractivity contribution in [2.24, 2.45) is 0 Å². The highest BCUT2D eigenvalue weighted by Gasteiger charge is 2.24. The van der Waals surface area contributed by atoms with E-state index in [0.29, 0.717) is 0 Å². The molecule has 3 rings (SSSR count). The topological polar surface area (TPSA) is 49.0 Å². The summed E-state index contributed by atoms with van der Waals surface area (Å²) >= 11 is 4.87. The highest BCUT2D eigenvalue weighted by molar-refractivity contribution is 9.10. The van der Waals surface area contributed by atoms with Gasteiger partial charge in [-0.1, -0.05) is 70.2 Å². The van der Waals surface area contributed by atoms with Gasteiger partial charge in [0.15, 0.2) is 5.16 Å². The smallest absolute Gasteiger partial charge is 0.240 e. The van der Waals surface area contributed by atoms with E-state index in [0.717, 1.165) is 26.4 Å². The van der Waals surface area contributed by atoms with Crippen LogP contribution in [0.3, 0.4) is 0 Å². The predicted octanol–water partition coefficient (Wildman–Crippen LogP) is 4.76. The van der Waals surface area contributed by atoms with Crippen molar-refractivity contribution < 1.29 is 4.79 Å². The fourth-order valence-corrected chi connectivity index (χ4v) is 3.75. The molecule has 1 N–H and O–H groups in total.